The molecule has 40 heavy (non-hydrogen) atoms. The molecule has 2 atom stereocenters. The number of benzene rings is 3. The summed E-state index contributed by atoms with van der Waals surface area (Å²) in [6.07, 6.45) is 7.18. The first-order valence-electron chi connectivity index (χ1n) is 13.6. The molecule has 2 unspecified atom stereocenters. The summed E-state index contributed by atoms with van der Waals surface area (Å²) in [7, 11) is -1.04. The van der Waals surface area contributed by atoms with Crippen LogP contribution >= 0.6 is 11.7 Å². The number of methoxy groups -OCH3 is 2. The van der Waals surface area contributed by atoms with Gasteiger partial charge in [-0.05, 0) is 62.4 Å². The van der Waals surface area contributed by atoms with Crippen LogP contribution in [-0.2, 0) is 21.1 Å². The molecule has 4 aromatic rings. The van der Waals surface area contributed by atoms with Crippen molar-refractivity contribution < 1.29 is 26.8 Å². The minimum absolute atomic E-state index is 0.0140. The maximum atomic E-state index is 13.8. The van der Waals surface area contributed by atoms with Crippen LogP contribution in [0.5, 0.6) is 23.0 Å². The predicted octanol–water partition coefficient (Wildman–Crippen LogP) is 6.38. The van der Waals surface area contributed by atoms with Crippen molar-refractivity contribution >= 4 is 32.9 Å². The van der Waals surface area contributed by atoms with Crippen molar-refractivity contribution in [1.29, 1.82) is 0 Å². The van der Waals surface area contributed by atoms with Crippen molar-refractivity contribution in [2.75, 3.05) is 14.2 Å². The largest absolute Gasteiger partial charge is 0.497 e. The molecule has 2 aliphatic carbocycles. The highest BCUT2D eigenvalue weighted by Gasteiger charge is 2.62. The molecule has 10 heteroatoms. The Morgan fingerprint density at radius 1 is 0.900 bits per heavy atom. The predicted molar refractivity (Wildman–Crippen MR) is 151 cm³/mol. The van der Waals surface area contributed by atoms with Gasteiger partial charge in [-0.2, -0.15) is 17.2 Å². The summed E-state index contributed by atoms with van der Waals surface area (Å²) in [4.78, 5) is -0.0140. The van der Waals surface area contributed by atoms with Crippen LogP contribution in [0.3, 0.4) is 0 Å². The molecule has 0 radical (unpaired) electrons. The molecule has 3 aliphatic rings. The van der Waals surface area contributed by atoms with Crippen molar-refractivity contribution in [3.8, 4) is 23.0 Å². The molecule has 1 aromatic heterocycles. The molecule has 2 heterocycles. The van der Waals surface area contributed by atoms with Crippen LogP contribution in [0.15, 0.2) is 59.5 Å². The third-order valence-electron chi connectivity index (χ3n) is 9.15. The van der Waals surface area contributed by atoms with Crippen molar-refractivity contribution in [3.63, 3.8) is 0 Å². The van der Waals surface area contributed by atoms with Gasteiger partial charge in [0.25, 0.3) is 0 Å². The molecule has 0 N–H and O–H groups in total. The zero-order valence-electron chi connectivity index (χ0n) is 22.4. The van der Waals surface area contributed by atoms with Crippen LogP contribution in [0.1, 0.15) is 56.1 Å². The van der Waals surface area contributed by atoms with Gasteiger partial charge in [0.1, 0.15) is 38.8 Å². The summed E-state index contributed by atoms with van der Waals surface area (Å²) in [5.74, 6) is 2.43. The van der Waals surface area contributed by atoms with Crippen molar-refractivity contribution in [2.45, 2.75) is 60.9 Å². The molecule has 0 bridgehead atoms. The zero-order chi connectivity index (χ0) is 27.5. The standard InChI is InChI=1S/C30H30N2O6S2/c1-35-19-10-12-21-24(17-19)37-30(16-6-9-27(30)29(21)14-3-4-15-29)22-13-11-20(36-2)18-25(22)38-40(33,34)26-8-5-7-23-28(26)32-39-31-23/h5,7-8,10-13,17-18,27H,3-4,6,9,14-16H2,1-2H3. The number of nitrogens with zero attached hydrogens (tertiary/aromatic N) is 2. The van der Waals surface area contributed by atoms with Crippen LogP contribution in [0, 0.1) is 5.92 Å². The van der Waals surface area contributed by atoms with E-state index in [2.05, 4.69) is 14.8 Å². The molecule has 208 valence electrons. The van der Waals surface area contributed by atoms with Gasteiger partial charge in [-0.25, -0.2) is 0 Å². The number of rotatable bonds is 6. The number of hydrogen-bond acceptors (Lipinski definition) is 9. The van der Waals surface area contributed by atoms with E-state index in [1.807, 2.05) is 24.3 Å². The van der Waals surface area contributed by atoms with Gasteiger partial charge >= 0.3 is 10.1 Å². The average Bonchev–Trinajstić information content (AvgIpc) is 3.73. The lowest BCUT2D eigenvalue weighted by Gasteiger charge is -2.51. The average molecular weight is 579 g/mol. The Balaban J connectivity index is 1.40. The lowest BCUT2D eigenvalue weighted by Crippen LogP contribution is -2.51. The number of hydrogen-bond donors (Lipinski definition) is 0. The summed E-state index contributed by atoms with van der Waals surface area (Å²) in [6, 6.07) is 16.5. The molecule has 0 saturated heterocycles. The first kappa shape index (κ1) is 25.6. The Morgan fingerprint density at radius 3 is 2.42 bits per heavy atom. The van der Waals surface area contributed by atoms with Gasteiger partial charge in [-0.1, -0.05) is 25.0 Å². The SMILES string of the molecule is COc1ccc2c(c1)OC1(c3ccc(OC)cc3OS(=O)(=O)c3cccc4nsnc34)CCCC1C21CCCC1. The summed E-state index contributed by atoms with van der Waals surface area (Å²) in [5, 5.41) is 0. The van der Waals surface area contributed by atoms with E-state index in [1.54, 1.807) is 32.4 Å². The number of aromatic nitrogens is 2. The molecule has 7 rings (SSSR count). The Labute approximate surface area is 237 Å². The van der Waals surface area contributed by atoms with Crippen LogP contribution in [0.25, 0.3) is 11.0 Å². The number of fused-ring (bicyclic) bond motifs is 5. The fourth-order valence-electron chi connectivity index (χ4n) is 7.53. The van der Waals surface area contributed by atoms with Gasteiger partial charge in [0, 0.05) is 34.6 Å². The van der Waals surface area contributed by atoms with Gasteiger partial charge in [-0.3, -0.25) is 0 Å². The quantitative estimate of drug-likeness (QED) is 0.243. The lowest BCUT2D eigenvalue weighted by molar-refractivity contribution is -0.0360. The summed E-state index contributed by atoms with van der Waals surface area (Å²) in [5.41, 5.74) is 1.97. The van der Waals surface area contributed by atoms with E-state index < -0.39 is 15.7 Å². The summed E-state index contributed by atoms with van der Waals surface area (Å²) in [6.45, 7) is 0. The molecular weight excluding hydrogens is 548 g/mol. The second kappa shape index (κ2) is 9.34. The second-order valence-electron chi connectivity index (χ2n) is 10.9. The first-order chi connectivity index (χ1) is 19.4. The van der Waals surface area contributed by atoms with Gasteiger partial charge in [0.2, 0.25) is 0 Å². The molecule has 1 spiro atoms. The molecule has 8 nitrogen and oxygen atoms in total. The molecule has 2 saturated carbocycles. The third-order valence-corrected chi connectivity index (χ3v) is 11.0. The minimum atomic E-state index is -4.25. The summed E-state index contributed by atoms with van der Waals surface area (Å²) >= 11 is 0.970. The van der Waals surface area contributed by atoms with Gasteiger partial charge < -0.3 is 18.4 Å². The summed E-state index contributed by atoms with van der Waals surface area (Å²) < 4.78 is 60.1. The van der Waals surface area contributed by atoms with E-state index in [-0.39, 0.29) is 22.0 Å². The third kappa shape index (κ3) is 3.72. The maximum Gasteiger partial charge on any atom is 0.341 e. The van der Waals surface area contributed by atoms with Crippen molar-refractivity contribution in [2.24, 2.45) is 5.92 Å². The Morgan fingerprint density at radius 2 is 1.65 bits per heavy atom. The molecule has 2 fully saturated rings. The van der Waals surface area contributed by atoms with Gasteiger partial charge in [-0.15, -0.1) is 0 Å². The van der Waals surface area contributed by atoms with E-state index in [4.69, 9.17) is 18.4 Å². The fourth-order valence-corrected chi connectivity index (χ4v) is 9.23. The second-order valence-corrected chi connectivity index (χ2v) is 13.0. The molecule has 3 aromatic carbocycles. The lowest BCUT2D eigenvalue weighted by atomic mass is 9.60. The van der Waals surface area contributed by atoms with Crippen LogP contribution in [0.2, 0.25) is 0 Å². The normalized spacial score (nSPS) is 23.0. The van der Waals surface area contributed by atoms with E-state index in [0.29, 0.717) is 16.8 Å². The molecule has 0 amide bonds. The highest BCUT2D eigenvalue weighted by Crippen LogP contribution is 2.66. The van der Waals surface area contributed by atoms with E-state index in [9.17, 15) is 8.42 Å². The van der Waals surface area contributed by atoms with Crippen molar-refractivity contribution in [3.05, 3.63) is 65.7 Å². The minimum Gasteiger partial charge on any atom is -0.497 e. The van der Waals surface area contributed by atoms with Crippen molar-refractivity contribution in [1.82, 2.24) is 8.75 Å². The smallest absolute Gasteiger partial charge is 0.341 e. The Bertz CT molecular complexity index is 1710. The van der Waals surface area contributed by atoms with E-state index >= 15 is 0 Å². The Kier molecular flexibility index (Phi) is 5.98. The van der Waals surface area contributed by atoms with E-state index in [1.165, 1.54) is 11.6 Å². The highest BCUT2D eigenvalue weighted by molar-refractivity contribution is 7.87. The first-order valence-corrected chi connectivity index (χ1v) is 15.8. The highest BCUT2D eigenvalue weighted by atomic mass is 32.2. The molecule has 1 aliphatic heterocycles. The maximum absolute atomic E-state index is 13.8. The fraction of sp³-hybridized carbons (Fsp3) is 0.400. The van der Waals surface area contributed by atoms with E-state index in [0.717, 1.165) is 73.7 Å². The number of ether oxygens (including phenoxy) is 3. The topological polar surface area (TPSA) is 96.8 Å². The monoisotopic (exact) mass is 578 g/mol. The zero-order valence-corrected chi connectivity index (χ0v) is 24.0. The molecular formula is C30H30N2O6S2. The van der Waals surface area contributed by atoms with Gasteiger partial charge in [0.05, 0.1) is 25.9 Å². The van der Waals surface area contributed by atoms with Crippen LogP contribution < -0.4 is 18.4 Å². The Hall–Kier alpha value is -3.37. The van der Waals surface area contributed by atoms with Crippen LogP contribution in [-0.4, -0.2) is 31.4 Å². The van der Waals surface area contributed by atoms with Gasteiger partial charge in [0.15, 0.2) is 5.75 Å². The van der Waals surface area contributed by atoms with Crippen LogP contribution in [0.4, 0.5) is 0 Å².